The van der Waals surface area contributed by atoms with Crippen molar-refractivity contribution in [2.45, 2.75) is 33.3 Å². The maximum atomic E-state index is 12.5. The summed E-state index contributed by atoms with van der Waals surface area (Å²) in [5.74, 6) is -0.0611. The van der Waals surface area contributed by atoms with Crippen LogP contribution in [0.15, 0.2) is 18.2 Å². The van der Waals surface area contributed by atoms with Crippen molar-refractivity contribution in [2.24, 2.45) is 0 Å². The second kappa shape index (κ2) is 6.06. The zero-order valence-corrected chi connectivity index (χ0v) is 12.4. The van der Waals surface area contributed by atoms with Crippen LogP contribution in [-0.2, 0) is 0 Å². The molecule has 19 heavy (non-hydrogen) atoms. The first kappa shape index (κ1) is 15.5. The highest BCUT2D eigenvalue weighted by Gasteiger charge is 2.23. The van der Waals surface area contributed by atoms with Gasteiger partial charge in [0.2, 0.25) is 0 Å². The van der Waals surface area contributed by atoms with E-state index < -0.39 is 5.60 Å². The average Bonchev–Trinajstić information content (AvgIpc) is 2.33. The van der Waals surface area contributed by atoms with Crippen LogP contribution >= 0.6 is 0 Å². The molecule has 0 bridgehead atoms. The van der Waals surface area contributed by atoms with Gasteiger partial charge in [-0.25, -0.2) is 0 Å². The summed E-state index contributed by atoms with van der Waals surface area (Å²) < 4.78 is 0. The molecule has 0 aromatic heterocycles. The predicted octanol–water partition coefficient (Wildman–Crippen LogP) is 2.27. The van der Waals surface area contributed by atoms with Crippen LogP contribution in [0.5, 0.6) is 0 Å². The Labute approximate surface area is 115 Å². The Morgan fingerprint density at radius 1 is 1.42 bits per heavy atom. The lowest BCUT2D eigenvalue weighted by Crippen LogP contribution is -2.42. The number of carbonyl (C=O) groups is 1. The van der Waals surface area contributed by atoms with Crippen molar-refractivity contribution >= 4 is 11.6 Å². The normalized spacial score (nSPS) is 11.3. The van der Waals surface area contributed by atoms with Gasteiger partial charge in [0, 0.05) is 25.8 Å². The molecule has 0 aliphatic rings. The molecule has 0 atom stereocenters. The molecule has 0 aliphatic carbocycles. The molecule has 4 heteroatoms. The molecule has 1 amide bonds. The van der Waals surface area contributed by atoms with E-state index in [1.165, 1.54) is 0 Å². The number of amides is 1. The van der Waals surface area contributed by atoms with Crippen LogP contribution < -0.4 is 5.32 Å². The quantitative estimate of drug-likeness (QED) is 0.858. The Kier molecular flexibility index (Phi) is 4.95. The highest BCUT2D eigenvalue weighted by molar-refractivity contribution is 5.99. The minimum Gasteiger partial charge on any atom is -0.389 e. The molecule has 0 aliphatic heterocycles. The second-order valence-electron chi connectivity index (χ2n) is 5.43. The summed E-state index contributed by atoms with van der Waals surface area (Å²) in [6, 6.07) is 5.70. The molecule has 4 nitrogen and oxygen atoms in total. The monoisotopic (exact) mass is 264 g/mol. The molecule has 0 radical (unpaired) electrons. The largest absolute Gasteiger partial charge is 0.389 e. The molecule has 1 rings (SSSR count). The highest BCUT2D eigenvalue weighted by Crippen LogP contribution is 2.20. The van der Waals surface area contributed by atoms with Gasteiger partial charge in [0.1, 0.15) is 0 Å². The number of hydrogen-bond acceptors (Lipinski definition) is 3. The van der Waals surface area contributed by atoms with Gasteiger partial charge in [-0.05, 0) is 45.4 Å². The number of aryl methyl sites for hydroxylation is 1. The predicted molar refractivity (Wildman–Crippen MR) is 78.6 cm³/mol. The molecule has 0 saturated carbocycles. The maximum Gasteiger partial charge on any atom is 0.256 e. The van der Waals surface area contributed by atoms with Crippen LogP contribution in [0, 0.1) is 6.92 Å². The zero-order valence-electron chi connectivity index (χ0n) is 12.4. The minimum absolute atomic E-state index is 0.0611. The van der Waals surface area contributed by atoms with Crippen molar-refractivity contribution < 1.29 is 9.90 Å². The first-order valence-electron chi connectivity index (χ1n) is 6.58. The number of rotatable bonds is 5. The summed E-state index contributed by atoms with van der Waals surface area (Å²) in [6.45, 7) is 8.20. The molecule has 106 valence electrons. The van der Waals surface area contributed by atoms with Crippen LogP contribution in [0.25, 0.3) is 0 Å². The van der Waals surface area contributed by atoms with Crippen molar-refractivity contribution in [1.29, 1.82) is 0 Å². The number of anilines is 1. The number of nitrogens with zero attached hydrogens (tertiary/aromatic N) is 1. The molecule has 0 spiro atoms. The van der Waals surface area contributed by atoms with Gasteiger partial charge in [-0.15, -0.1) is 0 Å². The van der Waals surface area contributed by atoms with Crippen molar-refractivity contribution in [3.8, 4) is 0 Å². The molecule has 1 aromatic rings. The molecule has 0 unspecified atom stereocenters. The molecule has 0 heterocycles. The Bertz CT molecular complexity index is 450. The van der Waals surface area contributed by atoms with Gasteiger partial charge in [-0.2, -0.15) is 0 Å². The van der Waals surface area contributed by atoms with Gasteiger partial charge < -0.3 is 15.3 Å². The van der Waals surface area contributed by atoms with Gasteiger partial charge in [0.15, 0.2) is 0 Å². The minimum atomic E-state index is -0.893. The van der Waals surface area contributed by atoms with Gasteiger partial charge >= 0.3 is 0 Å². The number of likely N-dealkylation sites (N-methyl/N-ethyl adjacent to an activating group) is 1. The summed E-state index contributed by atoms with van der Waals surface area (Å²) in [4.78, 5) is 14.2. The molecular weight excluding hydrogens is 240 g/mol. The standard InChI is InChI=1S/C15H24N2O2/c1-6-17(10-15(3,4)19)14(18)12-8-7-11(2)9-13(12)16-5/h7-9,16,19H,6,10H2,1-5H3. The fourth-order valence-electron chi connectivity index (χ4n) is 2.02. The van der Waals surface area contributed by atoms with E-state index in [1.54, 1.807) is 25.8 Å². The molecular formula is C15H24N2O2. The lowest BCUT2D eigenvalue weighted by Gasteiger charge is -2.28. The highest BCUT2D eigenvalue weighted by atomic mass is 16.3. The van der Waals surface area contributed by atoms with Crippen LogP contribution in [-0.4, -0.2) is 41.7 Å². The lowest BCUT2D eigenvalue weighted by atomic mass is 10.1. The zero-order chi connectivity index (χ0) is 14.6. The number of hydrogen-bond donors (Lipinski definition) is 2. The SMILES string of the molecule is CCN(CC(C)(C)O)C(=O)c1ccc(C)cc1NC. The van der Waals surface area contributed by atoms with E-state index >= 15 is 0 Å². The fourth-order valence-corrected chi connectivity index (χ4v) is 2.02. The van der Waals surface area contributed by atoms with E-state index in [0.717, 1.165) is 11.3 Å². The Morgan fingerprint density at radius 3 is 2.53 bits per heavy atom. The van der Waals surface area contributed by atoms with Gasteiger partial charge in [0.05, 0.1) is 11.2 Å². The average molecular weight is 264 g/mol. The maximum absolute atomic E-state index is 12.5. The number of aliphatic hydroxyl groups is 1. The Morgan fingerprint density at radius 2 is 2.05 bits per heavy atom. The first-order valence-corrected chi connectivity index (χ1v) is 6.58. The Balaban J connectivity index is 3.04. The molecule has 0 saturated heterocycles. The second-order valence-corrected chi connectivity index (χ2v) is 5.43. The lowest BCUT2D eigenvalue weighted by molar-refractivity contribution is 0.0315. The summed E-state index contributed by atoms with van der Waals surface area (Å²) in [5, 5.41) is 12.9. The van der Waals surface area contributed by atoms with Crippen molar-refractivity contribution in [2.75, 3.05) is 25.5 Å². The van der Waals surface area contributed by atoms with Crippen LogP contribution in [0.3, 0.4) is 0 Å². The van der Waals surface area contributed by atoms with Crippen molar-refractivity contribution in [3.63, 3.8) is 0 Å². The van der Waals surface area contributed by atoms with Gasteiger partial charge in [0.25, 0.3) is 5.91 Å². The fraction of sp³-hybridized carbons (Fsp3) is 0.533. The smallest absolute Gasteiger partial charge is 0.256 e. The third kappa shape index (κ3) is 4.24. The van der Waals surface area contributed by atoms with E-state index in [4.69, 9.17) is 0 Å². The first-order chi connectivity index (χ1) is 8.78. The van der Waals surface area contributed by atoms with E-state index in [1.807, 2.05) is 32.0 Å². The summed E-state index contributed by atoms with van der Waals surface area (Å²) in [7, 11) is 1.80. The van der Waals surface area contributed by atoms with E-state index in [2.05, 4.69) is 5.32 Å². The van der Waals surface area contributed by atoms with E-state index in [9.17, 15) is 9.90 Å². The topological polar surface area (TPSA) is 52.6 Å². The van der Waals surface area contributed by atoms with E-state index in [0.29, 0.717) is 18.7 Å². The Hall–Kier alpha value is -1.55. The molecule has 1 aromatic carbocycles. The number of benzene rings is 1. The third-order valence-corrected chi connectivity index (χ3v) is 2.92. The molecule has 2 N–H and O–H groups in total. The third-order valence-electron chi connectivity index (χ3n) is 2.92. The van der Waals surface area contributed by atoms with Gasteiger partial charge in [-0.3, -0.25) is 4.79 Å². The molecule has 0 fully saturated rings. The van der Waals surface area contributed by atoms with Gasteiger partial charge in [-0.1, -0.05) is 6.07 Å². The number of carbonyl (C=O) groups excluding carboxylic acids is 1. The summed E-state index contributed by atoms with van der Waals surface area (Å²) in [6.07, 6.45) is 0. The van der Waals surface area contributed by atoms with E-state index in [-0.39, 0.29) is 5.91 Å². The summed E-state index contributed by atoms with van der Waals surface area (Å²) >= 11 is 0. The van der Waals surface area contributed by atoms with Crippen LogP contribution in [0.4, 0.5) is 5.69 Å². The summed E-state index contributed by atoms with van der Waals surface area (Å²) in [5.41, 5.74) is 1.67. The van der Waals surface area contributed by atoms with Crippen LogP contribution in [0.1, 0.15) is 36.7 Å². The van der Waals surface area contributed by atoms with Crippen LogP contribution in [0.2, 0.25) is 0 Å². The van der Waals surface area contributed by atoms with Crippen molar-refractivity contribution in [1.82, 2.24) is 4.90 Å². The van der Waals surface area contributed by atoms with Crippen molar-refractivity contribution in [3.05, 3.63) is 29.3 Å². The number of nitrogens with one attached hydrogen (secondary N) is 1.